The molecule has 0 bridgehead atoms. The quantitative estimate of drug-likeness (QED) is 0.480. The number of nitrogens with one attached hydrogen (secondary N) is 1. The fraction of sp³-hybridized carbons (Fsp3) is 0.188. The zero-order valence-electron chi connectivity index (χ0n) is 14.4. The number of hydrogen-bond acceptors (Lipinski definition) is 3. The lowest BCUT2D eigenvalue weighted by Crippen LogP contribution is -2.36. The topological polar surface area (TPSA) is 59.3 Å². The van der Waals surface area contributed by atoms with Crippen LogP contribution in [0.4, 0.5) is 45.2 Å². The zero-order valence-corrected chi connectivity index (χ0v) is 14.4. The number of nitrogens with zero attached hydrogens (tertiary/aromatic N) is 3. The number of benzene rings is 1. The number of aryl methyl sites for hydroxylation is 1. The number of fused-ring (bicyclic) bond motifs is 1. The highest BCUT2D eigenvalue weighted by Crippen LogP contribution is 2.43. The van der Waals surface area contributed by atoms with Crippen molar-refractivity contribution >= 4 is 17.2 Å². The average Bonchev–Trinajstić information content (AvgIpc) is 3.05. The van der Waals surface area contributed by atoms with E-state index >= 15 is 0 Å². The molecular weight excluding hydrogens is 435 g/mol. The molecule has 0 unspecified atom stereocenters. The van der Waals surface area contributed by atoms with Gasteiger partial charge in [-0.05, 0) is 13.0 Å². The highest BCUT2D eigenvalue weighted by molar-refractivity contribution is 6.03. The van der Waals surface area contributed by atoms with Gasteiger partial charge in [-0.25, -0.2) is 27.1 Å². The maximum atomic E-state index is 13.8. The first-order chi connectivity index (χ1) is 13.7. The Balaban J connectivity index is 2.09. The number of amides is 1. The van der Waals surface area contributed by atoms with Gasteiger partial charge in [0.05, 0.1) is 0 Å². The number of hydrogen-bond donors (Lipinski definition) is 1. The molecule has 3 rings (SSSR count). The van der Waals surface area contributed by atoms with Crippen molar-refractivity contribution in [1.82, 2.24) is 14.6 Å². The number of aromatic nitrogens is 3. The van der Waals surface area contributed by atoms with Crippen LogP contribution in [-0.2, 0) is 5.92 Å². The Kier molecular flexibility index (Phi) is 4.91. The van der Waals surface area contributed by atoms with E-state index in [2.05, 4.69) is 10.1 Å². The summed E-state index contributed by atoms with van der Waals surface area (Å²) in [5, 5.41) is 4.72. The Morgan fingerprint density at radius 2 is 1.53 bits per heavy atom. The van der Waals surface area contributed by atoms with E-state index in [1.807, 2.05) is 0 Å². The van der Waals surface area contributed by atoms with E-state index < -0.39 is 64.0 Å². The Labute approximate surface area is 160 Å². The van der Waals surface area contributed by atoms with Gasteiger partial charge in [-0.1, -0.05) is 0 Å². The van der Waals surface area contributed by atoms with Crippen LogP contribution in [0.25, 0.3) is 5.65 Å². The normalized spacial score (nSPS) is 12.5. The summed E-state index contributed by atoms with van der Waals surface area (Å²) in [5.41, 5.74) is -5.02. The number of halogens is 9. The second kappa shape index (κ2) is 6.88. The van der Waals surface area contributed by atoms with Gasteiger partial charge in [-0.2, -0.15) is 27.1 Å². The second-order valence-electron chi connectivity index (χ2n) is 5.95. The summed E-state index contributed by atoms with van der Waals surface area (Å²) >= 11 is 0. The summed E-state index contributed by atoms with van der Waals surface area (Å²) in [5.74, 6) is -14.6. The van der Waals surface area contributed by atoms with Crippen LogP contribution in [0.3, 0.4) is 0 Å². The Bertz CT molecular complexity index is 1140. The molecule has 5 nitrogen and oxygen atoms in total. The predicted octanol–water partition coefficient (Wildman–Crippen LogP) is 4.50. The summed E-state index contributed by atoms with van der Waals surface area (Å²) in [7, 11) is 0. The molecule has 30 heavy (non-hydrogen) atoms. The summed E-state index contributed by atoms with van der Waals surface area (Å²) in [6, 6.07) is 0.906. The molecule has 0 aliphatic rings. The van der Waals surface area contributed by atoms with Crippen molar-refractivity contribution in [2.24, 2.45) is 0 Å². The van der Waals surface area contributed by atoms with E-state index in [-0.39, 0.29) is 16.3 Å². The SMILES string of the molecule is Cc1cc(C(F)(F)C(F)(F)F)n2nc(C(=O)Nc3c(F)c(F)cc(F)c3F)cc2n1. The van der Waals surface area contributed by atoms with Gasteiger partial charge in [0.15, 0.2) is 34.6 Å². The van der Waals surface area contributed by atoms with Gasteiger partial charge in [0.25, 0.3) is 5.91 Å². The van der Waals surface area contributed by atoms with Crippen molar-refractivity contribution < 1.29 is 44.3 Å². The van der Waals surface area contributed by atoms with E-state index in [1.165, 1.54) is 5.32 Å². The first-order valence-electron chi connectivity index (χ1n) is 7.71. The van der Waals surface area contributed by atoms with Crippen LogP contribution in [0.5, 0.6) is 0 Å². The van der Waals surface area contributed by atoms with Gasteiger partial charge in [-0.15, -0.1) is 0 Å². The minimum Gasteiger partial charge on any atom is -0.315 e. The molecule has 160 valence electrons. The van der Waals surface area contributed by atoms with Gasteiger partial charge in [0.1, 0.15) is 11.4 Å². The fourth-order valence-corrected chi connectivity index (χ4v) is 2.44. The van der Waals surface area contributed by atoms with Gasteiger partial charge in [0.2, 0.25) is 0 Å². The molecule has 0 aliphatic carbocycles. The second-order valence-corrected chi connectivity index (χ2v) is 5.95. The maximum absolute atomic E-state index is 13.8. The molecule has 1 N–H and O–H groups in total. The van der Waals surface area contributed by atoms with E-state index in [0.717, 1.165) is 6.92 Å². The molecule has 1 aromatic carbocycles. The highest BCUT2D eigenvalue weighted by atomic mass is 19.4. The largest absolute Gasteiger partial charge is 0.459 e. The molecule has 0 saturated heterocycles. The first-order valence-corrected chi connectivity index (χ1v) is 7.71. The monoisotopic (exact) mass is 442 g/mol. The molecule has 0 spiro atoms. The smallest absolute Gasteiger partial charge is 0.315 e. The number of alkyl halides is 5. The Morgan fingerprint density at radius 3 is 2.07 bits per heavy atom. The Hall–Kier alpha value is -3.32. The first kappa shape index (κ1) is 21.4. The summed E-state index contributed by atoms with van der Waals surface area (Å²) in [4.78, 5) is 15.8. The van der Waals surface area contributed by atoms with E-state index in [0.29, 0.717) is 12.1 Å². The molecule has 0 aliphatic heterocycles. The van der Waals surface area contributed by atoms with Crippen molar-refractivity contribution in [3.8, 4) is 0 Å². The molecule has 2 heterocycles. The van der Waals surface area contributed by atoms with Gasteiger partial charge >= 0.3 is 12.1 Å². The third-order valence-electron chi connectivity index (χ3n) is 3.82. The molecule has 0 saturated carbocycles. The molecular formula is C16H7F9N4O. The van der Waals surface area contributed by atoms with Crippen LogP contribution >= 0.6 is 0 Å². The molecule has 2 aromatic heterocycles. The number of carbonyl (C=O) groups is 1. The molecule has 3 aromatic rings. The van der Waals surface area contributed by atoms with E-state index in [1.54, 1.807) is 0 Å². The number of carbonyl (C=O) groups excluding carboxylic acids is 1. The third-order valence-corrected chi connectivity index (χ3v) is 3.82. The molecule has 0 fully saturated rings. The van der Waals surface area contributed by atoms with Crippen LogP contribution in [-0.4, -0.2) is 26.7 Å². The van der Waals surface area contributed by atoms with Gasteiger partial charge < -0.3 is 5.32 Å². The van der Waals surface area contributed by atoms with Crippen molar-refractivity contribution in [1.29, 1.82) is 0 Å². The summed E-state index contributed by atoms with van der Waals surface area (Å²) in [6.45, 7) is 1.10. The predicted molar refractivity (Wildman–Crippen MR) is 81.9 cm³/mol. The van der Waals surface area contributed by atoms with Crippen LogP contribution in [0.2, 0.25) is 0 Å². The van der Waals surface area contributed by atoms with Crippen LogP contribution in [0, 0.1) is 30.2 Å². The maximum Gasteiger partial charge on any atom is 0.459 e. The van der Waals surface area contributed by atoms with Gasteiger partial charge in [0, 0.05) is 17.8 Å². The van der Waals surface area contributed by atoms with E-state index in [4.69, 9.17) is 0 Å². The molecule has 0 radical (unpaired) electrons. The molecule has 1 amide bonds. The van der Waals surface area contributed by atoms with E-state index in [9.17, 15) is 44.3 Å². The summed E-state index contributed by atoms with van der Waals surface area (Å²) in [6.07, 6.45) is -6.01. The average molecular weight is 442 g/mol. The fourth-order valence-electron chi connectivity index (χ4n) is 2.44. The highest BCUT2D eigenvalue weighted by Gasteiger charge is 2.60. The molecule has 14 heteroatoms. The van der Waals surface area contributed by atoms with Gasteiger partial charge in [-0.3, -0.25) is 4.79 Å². The lowest BCUT2D eigenvalue weighted by Gasteiger charge is -2.20. The van der Waals surface area contributed by atoms with Crippen molar-refractivity contribution in [2.75, 3.05) is 5.32 Å². The van der Waals surface area contributed by atoms with Crippen LogP contribution < -0.4 is 5.32 Å². The standard InChI is InChI=1S/C16H7F9N4O/c1-5-2-9(15(21,22)16(23,24)25)29-10(26-5)4-8(28-29)14(30)27-13-11(19)6(17)3-7(18)12(13)20/h2-4H,1H3,(H,27,30). The van der Waals surface area contributed by atoms with Crippen molar-refractivity contribution in [3.63, 3.8) is 0 Å². The van der Waals surface area contributed by atoms with Crippen LogP contribution in [0.15, 0.2) is 18.2 Å². The zero-order chi connectivity index (χ0) is 22.6. The minimum atomic E-state index is -6.01. The minimum absolute atomic E-state index is 0.0221. The van der Waals surface area contributed by atoms with Crippen molar-refractivity contribution in [2.45, 2.75) is 19.0 Å². The molecule has 0 atom stereocenters. The van der Waals surface area contributed by atoms with Crippen LogP contribution in [0.1, 0.15) is 21.9 Å². The number of anilines is 1. The lowest BCUT2D eigenvalue weighted by molar-refractivity contribution is -0.291. The van der Waals surface area contributed by atoms with Crippen molar-refractivity contribution in [3.05, 3.63) is 58.5 Å². The Morgan fingerprint density at radius 1 is 0.967 bits per heavy atom. The third kappa shape index (κ3) is 3.41. The summed E-state index contributed by atoms with van der Waals surface area (Å²) < 4.78 is 120. The lowest BCUT2D eigenvalue weighted by atomic mass is 10.2. The number of rotatable bonds is 3.